The second-order valence-electron chi connectivity index (χ2n) is 6.70. The predicted octanol–water partition coefficient (Wildman–Crippen LogP) is 4.18. The lowest BCUT2D eigenvalue weighted by molar-refractivity contribution is -0.115. The summed E-state index contributed by atoms with van der Waals surface area (Å²) in [4.78, 5) is 16.6. The molecule has 3 N–H and O–H groups in total. The summed E-state index contributed by atoms with van der Waals surface area (Å²) in [6, 6.07) is 17.4. The highest BCUT2D eigenvalue weighted by molar-refractivity contribution is 5.98. The maximum absolute atomic E-state index is 14.6. The molecule has 4 aromatic rings. The Kier molecular flexibility index (Phi) is 5.63. The van der Waals surface area contributed by atoms with E-state index in [2.05, 4.69) is 15.5 Å². The van der Waals surface area contributed by atoms with Crippen molar-refractivity contribution >= 4 is 11.8 Å². The van der Waals surface area contributed by atoms with Crippen molar-refractivity contribution in [1.82, 2.24) is 10.1 Å². The molecular formula is C23H19FN4O2. The molecule has 0 atom stereocenters. The maximum atomic E-state index is 14.6. The van der Waals surface area contributed by atoms with Gasteiger partial charge in [0.05, 0.1) is 12.0 Å². The third-order valence-corrected chi connectivity index (χ3v) is 4.64. The van der Waals surface area contributed by atoms with Crippen molar-refractivity contribution in [1.29, 1.82) is 0 Å². The standard InChI is InChI=1S/C23H19FN4O2/c24-19-7-6-16(14-25)12-18(19)22-21(17-8-10-26-11-9-17)23(30-28-22)27-20(29)13-15-4-2-1-3-5-15/h1-12H,13-14,25H2,(H,27,29). The molecule has 0 saturated heterocycles. The van der Waals surface area contributed by atoms with E-state index in [4.69, 9.17) is 10.3 Å². The van der Waals surface area contributed by atoms with Gasteiger partial charge >= 0.3 is 0 Å². The Bertz CT molecular complexity index is 1160. The van der Waals surface area contributed by atoms with Gasteiger partial charge in [-0.1, -0.05) is 41.6 Å². The third-order valence-electron chi connectivity index (χ3n) is 4.64. The molecule has 2 aromatic carbocycles. The molecule has 6 nitrogen and oxygen atoms in total. The molecule has 0 aliphatic rings. The van der Waals surface area contributed by atoms with Gasteiger partial charge in [0.25, 0.3) is 0 Å². The number of benzene rings is 2. The average Bonchev–Trinajstić information content (AvgIpc) is 3.18. The molecule has 0 radical (unpaired) electrons. The quantitative estimate of drug-likeness (QED) is 0.505. The molecule has 0 aliphatic heterocycles. The summed E-state index contributed by atoms with van der Waals surface area (Å²) in [6.45, 7) is 0.260. The minimum atomic E-state index is -0.460. The summed E-state index contributed by atoms with van der Waals surface area (Å²) in [6.07, 6.45) is 3.38. The summed E-state index contributed by atoms with van der Waals surface area (Å²) in [5.41, 5.74) is 9.02. The first-order valence-electron chi connectivity index (χ1n) is 9.38. The molecule has 7 heteroatoms. The normalized spacial score (nSPS) is 10.7. The van der Waals surface area contributed by atoms with Gasteiger partial charge in [-0.05, 0) is 41.0 Å². The van der Waals surface area contributed by atoms with Crippen molar-refractivity contribution in [2.45, 2.75) is 13.0 Å². The molecule has 1 amide bonds. The number of aromatic nitrogens is 2. The number of rotatable bonds is 6. The first-order chi connectivity index (χ1) is 14.7. The van der Waals surface area contributed by atoms with Gasteiger partial charge in [0.15, 0.2) is 0 Å². The minimum Gasteiger partial charge on any atom is -0.337 e. The van der Waals surface area contributed by atoms with E-state index in [0.29, 0.717) is 11.1 Å². The van der Waals surface area contributed by atoms with Gasteiger partial charge < -0.3 is 10.3 Å². The van der Waals surface area contributed by atoms with E-state index < -0.39 is 5.82 Å². The molecule has 2 heterocycles. The van der Waals surface area contributed by atoms with E-state index >= 15 is 0 Å². The molecule has 0 bridgehead atoms. The minimum absolute atomic E-state index is 0.148. The lowest BCUT2D eigenvalue weighted by atomic mass is 9.99. The van der Waals surface area contributed by atoms with Crippen LogP contribution in [0.5, 0.6) is 0 Å². The number of nitrogens with one attached hydrogen (secondary N) is 1. The smallest absolute Gasteiger partial charge is 0.239 e. The van der Waals surface area contributed by atoms with Crippen LogP contribution in [0.15, 0.2) is 77.6 Å². The van der Waals surface area contributed by atoms with Gasteiger partial charge in [-0.15, -0.1) is 0 Å². The molecule has 0 fully saturated rings. The number of amides is 1. The van der Waals surface area contributed by atoms with Crippen molar-refractivity contribution in [3.8, 4) is 22.4 Å². The fourth-order valence-corrected chi connectivity index (χ4v) is 3.18. The van der Waals surface area contributed by atoms with Gasteiger partial charge in [-0.2, -0.15) is 0 Å². The summed E-state index contributed by atoms with van der Waals surface area (Å²) >= 11 is 0. The fourth-order valence-electron chi connectivity index (χ4n) is 3.18. The lowest BCUT2D eigenvalue weighted by Gasteiger charge is -2.08. The van der Waals surface area contributed by atoms with Gasteiger partial charge in [0.1, 0.15) is 11.5 Å². The van der Waals surface area contributed by atoms with Gasteiger partial charge in [-0.25, -0.2) is 4.39 Å². The summed E-state index contributed by atoms with van der Waals surface area (Å²) in [7, 11) is 0. The molecule has 0 aliphatic carbocycles. The zero-order valence-electron chi connectivity index (χ0n) is 16.0. The Labute approximate surface area is 172 Å². The summed E-state index contributed by atoms with van der Waals surface area (Å²) < 4.78 is 20.1. The molecular weight excluding hydrogens is 383 g/mol. The van der Waals surface area contributed by atoms with E-state index in [1.807, 2.05) is 30.3 Å². The first-order valence-corrected chi connectivity index (χ1v) is 9.38. The highest BCUT2D eigenvalue weighted by Gasteiger charge is 2.23. The average molecular weight is 402 g/mol. The molecule has 30 heavy (non-hydrogen) atoms. The Morgan fingerprint density at radius 1 is 1.03 bits per heavy atom. The van der Waals surface area contributed by atoms with Crippen LogP contribution in [0.4, 0.5) is 10.3 Å². The topological polar surface area (TPSA) is 94.0 Å². The second-order valence-corrected chi connectivity index (χ2v) is 6.70. The van der Waals surface area contributed by atoms with E-state index in [1.165, 1.54) is 6.07 Å². The van der Waals surface area contributed by atoms with Crippen LogP contribution in [0, 0.1) is 5.82 Å². The maximum Gasteiger partial charge on any atom is 0.239 e. The van der Waals surface area contributed by atoms with Gasteiger partial charge in [-0.3, -0.25) is 15.1 Å². The fraction of sp³-hybridized carbons (Fsp3) is 0.0870. The van der Waals surface area contributed by atoms with Crippen LogP contribution in [0.2, 0.25) is 0 Å². The zero-order chi connectivity index (χ0) is 20.9. The Morgan fingerprint density at radius 3 is 2.53 bits per heavy atom. The van der Waals surface area contributed by atoms with Crippen molar-refractivity contribution in [2.24, 2.45) is 5.73 Å². The molecule has 0 saturated carbocycles. The number of halogens is 1. The number of nitrogens with two attached hydrogens (primary N) is 1. The number of hydrogen-bond acceptors (Lipinski definition) is 5. The molecule has 0 spiro atoms. The van der Waals surface area contributed by atoms with Crippen LogP contribution in [0.1, 0.15) is 11.1 Å². The number of anilines is 1. The van der Waals surface area contributed by atoms with Crippen LogP contribution in [-0.2, 0) is 17.8 Å². The van der Waals surface area contributed by atoms with Crippen molar-refractivity contribution in [3.05, 3.63) is 90.0 Å². The van der Waals surface area contributed by atoms with Crippen LogP contribution in [0.25, 0.3) is 22.4 Å². The highest BCUT2D eigenvalue weighted by atomic mass is 19.1. The zero-order valence-corrected chi connectivity index (χ0v) is 16.0. The molecule has 4 rings (SSSR count). The van der Waals surface area contributed by atoms with Crippen molar-refractivity contribution in [3.63, 3.8) is 0 Å². The monoisotopic (exact) mass is 402 g/mol. The van der Waals surface area contributed by atoms with E-state index in [-0.39, 0.29) is 36.0 Å². The number of carbonyl (C=O) groups is 1. The number of pyridine rings is 1. The van der Waals surface area contributed by atoms with Gasteiger partial charge in [0.2, 0.25) is 11.8 Å². The Morgan fingerprint density at radius 2 is 1.80 bits per heavy atom. The Hall–Kier alpha value is -3.84. The van der Waals surface area contributed by atoms with E-state index in [9.17, 15) is 9.18 Å². The van der Waals surface area contributed by atoms with Crippen molar-refractivity contribution < 1.29 is 13.7 Å². The van der Waals surface area contributed by atoms with Crippen LogP contribution in [-0.4, -0.2) is 16.0 Å². The van der Waals surface area contributed by atoms with Crippen molar-refractivity contribution in [2.75, 3.05) is 5.32 Å². The van der Waals surface area contributed by atoms with E-state index in [1.54, 1.807) is 36.7 Å². The molecule has 150 valence electrons. The molecule has 0 unspecified atom stereocenters. The first kappa shape index (κ1) is 19.5. The van der Waals surface area contributed by atoms with Crippen LogP contribution >= 0.6 is 0 Å². The van der Waals surface area contributed by atoms with Gasteiger partial charge in [0, 0.05) is 24.5 Å². The van der Waals surface area contributed by atoms with E-state index in [0.717, 1.165) is 11.1 Å². The SMILES string of the molecule is NCc1ccc(F)c(-c2noc(NC(=O)Cc3ccccc3)c2-c2ccncc2)c1. The number of carbonyl (C=O) groups excluding carboxylic acids is 1. The third kappa shape index (κ3) is 4.11. The number of nitrogens with zero attached hydrogens (tertiary/aromatic N) is 2. The molecule has 2 aromatic heterocycles. The highest BCUT2D eigenvalue weighted by Crippen LogP contribution is 2.38. The predicted molar refractivity (Wildman–Crippen MR) is 112 cm³/mol. The summed E-state index contributed by atoms with van der Waals surface area (Å²) in [5, 5.41) is 6.83. The number of hydrogen-bond donors (Lipinski definition) is 2. The van der Waals surface area contributed by atoms with Crippen LogP contribution < -0.4 is 11.1 Å². The lowest BCUT2D eigenvalue weighted by Crippen LogP contribution is -2.14. The summed E-state index contributed by atoms with van der Waals surface area (Å²) in [5.74, 6) is -0.581. The van der Waals surface area contributed by atoms with Crippen LogP contribution in [0.3, 0.4) is 0 Å². The largest absolute Gasteiger partial charge is 0.337 e. The Balaban J connectivity index is 1.74. The second kappa shape index (κ2) is 8.67.